The summed E-state index contributed by atoms with van der Waals surface area (Å²) in [6.07, 6.45) is 1.13. The van der Waals surface area contributed by atoms with Crippen LogP contribution in [-0.4, -0.2) is 37.7 Å². The zero-order valence-corrected chi connectivity index (χ0v) is 11.7. The molecule has 2 unspecified atom stereocenters. The predicted molar refractivity (Wildman–Crippen MR) is 75.3 cm³/mol. The van der Waals surface area contributed by atoms with Gasteiger partial charge in [0, 0.05) is 5.69 Å². The van der Waals surface area contributed by atoms with Gasteiger partial charge in [0.05, 0.1) is 13.0 Å². The molecule has 104 valence electrons. The molecule has 0 saturated carbocycles. The highest BCUT2D eigenvalue weighted by atomic mass is 16.5. The molecule has 1 aromatic rings. The van der Waals surface area contributed by atoms with Gasteiger partial charge in [0.2, 0.25) is 5.91 Å². The Morgan fingerprint density at radius 2 is 1.89 bits per heavy atom. The fraction of sp³-hybridized carbons (Fsp3) is 0.533. The van der Waals surface area contributed by atoms with Crippen molar-refractivity contribution in [2.45, 2.75) is 32.5 Å². The van der Waals surface area contributed by atoms with Crippen LogP contribution in [0.2, 0.25) is 0 Å². The SMILES string of the molecule is CC1C[NH+](CCC(=O)Nc2ccccc2)CC(C)O1. The van der Waals surface area contributed by atoms with Crippen molar-refractivity contribution in [2.75, 3.05) is 25.0 Å². The zero-order valence-electron chi connectivity index (χ0n) is 11.7. The summed E-state index contributed by atoms with van der Waals surface area (Å²) in [5.74, 6) is 0.0884. The molecule has 19 heavy (non-hydrogen) atoms. The van der Waals surface area contributed by atoms with E-state index < -0.39 is 0 Å². The lowest BCUT2D eigenvalue weighted by molar-refractivity contribution is -0.914. The Morgan fingerprint density at radius 1 is 1.26 bits per heavy atom. The van der Waals surface area contributed by atoms with Crippen LogP contribution in [0.1, 0.15) is 20.3 Å². The third-order valence-corrected chi connectivity index (χ3v) is 3.38. The van der Waals surface area contributed by atoms with Crippen molar-refractivity contribution in [2.24, 2.45) is 0 Å². The lowest BCUT2D eigenvalue weighted by Crippen LogP contribution is -3.15. The average molecular weight is 263 g/mol. The summed E-state index contributed by atoms with van der Waals surface area (Å²) in [6.45, 7) is 7.04. The van der Waals surface area contributed by atoms with Crippen LogP contribution in [0.3, 0.4) is 0 Å². The second kappa shape index (κ2) is 6.68. The van der Waals surface area contributed by atoms with E-state index in [2.05, 4.69) is 19.2 Å². The summed E-state index contributed by atoms with van der Waals surface area (Å²) in [7, 11) is 0. The van der Waals surface area contributed by atoms with Gasteiger partial charge in [0.25, 0.3) is 0 Å². The number of hydrogen-bond acceptors (Lipinski definition) is 2. The van der Waals surface area contributed by atoms with E-state index in [0.29, 0.717) is 6.42 Å². The highest BCUT2D eigenvalue weighted by Crippen LogP contribution is 2.05. The van der Waals surface area contributed by atoms with Crippen molar-refractivity contribution in [3.8, 4) is 0 Å². The first-order chi connectivity index (χ1) is 9.13. The molecule has 0 spiro atoms. The maximum absolute atomic E-state index is 11.9. The Hall–Kier alpha value is -1.39. The molecular formula is C15H23N2O2+. The van der Waals surface area contributed by atoms with Crippen LogP contribution in [0.25, 0.3) is 0 Å². The van der Waals surface area contributed by atoms with E-state index in [4.69, 9.17) is 4.74 Å². The Kier molecular flexibility index (Phi) is 4.93. The van der Waals surface area contributed by atoms with E-state index in [0.717, 1.165) is 25.3 Å². The van der Waals surface area contributed by atoms with Crippen molar-refractivity contribution in [1.82, 2.24) is 0 Å². The second-order valence-electron chi connectivity index (χ2n) is 5.33. The minimum Gasteiger partial charge on any atom is -0.364 e. The maximum Gasteiger partial charge on any atom is 0.230 e. The molecule has 4 nitrogen and oxygen atoms in total. The molecule has 1 heterocycles. The van der Waals surface area contributed by atoms with Gasteiger partial charge >= 0.3 is 0 Å². The molecule has 0 radical (unpaired) electrons. The van der Waals surface area contributed by atoms with Gasteiger partial charge in [0.15, 0.2) is 0 Å². The molecule has 0 aliphatic carbocycles. The molecule has 2 N–H and O–H groups in total. The topological polar surface area (TPSA) is 42.8 Å². The predicted octanol–water partition coefficient (Wildman–Crippen LogP) is 0.707. The molecule has 4 heteroatoms. The molecule has 1 aliphatic heterocycles. The van der Waals surface area contributed by atoms with Crippen LogP contribution in [0, 0.1) is 0 Å². The number of carbonyl (C=O) groups excluding carboxylic acids is 1. The second-order valence-corrected chi connectivity index (χ2v) is 5.33. The van der Waals surface area contributed by atoms with E-state index in [9.17, 15) is 4.79 Å². The number of morpholine rings is 1. The summed E-state index contributed by atoms with van der Waals surface area (Å²) in [5.41, 5.74) is 0.867. The molecule has 1 fully saturated rings. The fourth-order valence-corrected chi connectivity index (χ4v) is 2.63. The highest BCUT2D eigenvalue weighted by molar-refractivity contribution is 5.90. The summed E-state index contributed by atoms with van der Waals surface area (Å²) in [4.78, 5) is 13.3. The van der Waals surface area contributed by atoms with Crippen molar-refractivity contribution in [1.29, 1.82) is 0 Å². The fourth-order valence-electron chi connectivity index (χ4n) is 2.63. The Morgan fingerprint density at radius 3 is 2.53 bits per heavy atom. The van der Waals surface area contributed by atoms with E-state index in [1.54, 1.807) is 0 Å². The number of carbonyl (C=O) groups is 1. The number of quaternary nitrogens is 1. The number of nitrogens with one attached hydrogen (secondary N) is 2. The highest BCUT2D eigenvalue weighted by Gasteiger charge is 2.25. The molecule has 1 aromatic carbocycles. The van der Waals surface area contributed by atoms with Gasteiger partial charge in [-0.3, -0.25) is 4.79 Å². The average Bonchev–Trinajstić information content (AvgIpc) is 2.36. The molecular weight excluding hydrogens is 240 g/mol. The molecule has 0 bridgehead atoms. The Balaban J connectivity index is 1.74. The van der Waals surface area contributed by atoms with E-state index in [1.165, 1.54) is 4.90 Å². The lowest BCUT2D eigenvalue weighted by Gasteiger charge is -2.32. The smallest absolute Gasteiger partial charge is 0.230 e. The molecule has 1 aliphatic rings. The number of anilines is 1. The first-order valence-corrected chi connectivity index (χ1v) is 6.97. The number of hydrogen-bond donors (Lipinski definition) is 2. The third-order valence-electron chi connectivity index (χ3n) is 3.38. The van der Waals surface area contributed by atoms with Crippen molar-refractivity contribution in [3.63, 3.8) is 0 Å². The van der Waals surface area contributed by atoms with Crippen molar-refractivity contribution >= 4 is 11.6 Å². The summed E-state index contributed by atoms with van der Waals surface area (Å²) < 4.78 is 5.70. The van der Waals surface area contributed by atoms with Gasteiger partial charge in [-0.2, -0.15) is 0 Å². The number of amides is 1. The minimum atomic E-state index is 0.0884. The lowest BCUT2D eigenvalue weighted by atomic mass is 10.2. The summed E-state index contributed by atoms with van der Waals surface area (Å²) in [5, 5.41) is 2.92. The number of rotatable bonds is 4. The largest absolute Gasteiger partial charge is 0.364 e. The molecule has 0 aromatic heterocycles. The monoisotopic (exact) mass is 263 g/mol. The maximum atomic E-state index is 11.9. The van der Waals surface area contributed by atoms with Crippen LogP contribution >= 0.6 is 0 Å². The number of ether oxygens (including phenoxy) is 1. The molecule has 2 rings (SSSR count). The van der Waals surface area contributed by atoms with Crippen LogP contribution in [-0.2, 0) is 9.53 Å². The van der Waals surface area contributed by atoms with Crippen LogP contribution in [0.5, 0.6) is 0 Å². The molecule has 1 amide bonds. The first kappa shape index (κ1) is 14.0. The zero-order chi connectivity index (χ0) is 13.7. The van der Waals surface area contributed by atoms with Crippen LogP contribution in [0.4, 0.5) is 5.69 Å². The van der Waals surface area contributed by atoms with Crippen LogP contribution < -0.4 is 10.2 Å². The van der Waals surface area contributed by atoms with Gasteiger partial charge in [-0.05, 0) is 26.0 Å². The quantitative estimate of drug-likeness (QED) is 0.840. The number of para-hydroxylation sites is 1. The van der Waals surface area contributed by atoms with E-state index in [1.807, 2.05) is 30.3 Å². The first-order valence-electron chi connectivity index (χ1n) is 6.97. The third kappa shape index (κ3) is 4.65. The van der Waals surface area contributed by atoms with Gasteiger partial charge in [-0.15, -0.1) is 0 Å². The van der Waals surface area contributed by atoms with Gasteiger partial charge < -0.3 is 15.0 Å². The standard InChI is InChI=1S/C15H22N2O2/c1-12-10-17(11-13(2)19-12)9-8-15(18)16-14-6-4-3-5-7-14/h3-7,12-13H,8-11H2,1-2H3,(H,16,18)/p+1. The summed E-state index contributed by atoms with van der Waals surface area (Å²) >= 11 is 0. The minimum absolute atomic E-state index is 0.0884. The van der Waals surface area contributed by atoms with Gasteiger partial charge in [0.1, 0.15) is 25.3 Å². The van der Waals surface area contributed by atoms with Gasteiger partial charge in [-0.1, -0.05) is 18.2 Å². The molecule has 2 atom stereocenters. The van der Waals surface area contributed by atoms with Crippen LogP contribution in [0.15, 0.2) is 30.3 Å². The number of benzene rings is 1. The van der Waals surface area contributed by atoms with Gasteiger partial charge in [-0.25, -0.2) is 0 Å². The summed E-state index contributed by atoms with van der Waals surface area (Å²) in [6, 6.07) is 9.60. The molecule has 1 saturated heterocycles. The van der Waals surface area contributed by atoms with Crippen molar-refractivity contribution < 1.29 is 14.4 Å². The van der Waals surface area contributed by atoms with E-state index >= 15 is 0 Å². The van der Waals surface area contributed by atoms with Crippen molar-refractivity contribution in [3.05, 3.63) is 30.3 Å². The normalized spacial score (nSPS) is 26.9. The Bertz CT molecular complexity index is 398. The van der Waals surface area contributed by atoms with E-state index in [-0.39, 0.29) is 18.1 Å². The Labute approximate surface area is 114 Å².